The average Bonchev–Trinajstić information content (AvgIpc) is 3.00. The van der Waals surface area contributed by atoms with Crippen molar-refractivity contribution >= 4 is 17.2 Å². The van der Waals surface area contributed by atoms with Gasteiger partial charge in [-0.05, 0) is 35.6 Å². The van der Waals surface area contributed by atoms with Crippen LogP contribution in [0, 0.1) is 11.8 Å². The molecule has 3 heterocycles. The summed E-state index contributed by atoms with van der Waals surface area (Å²) in [4.78, 5) is 20.1. The quantitative estimate of drug-likeness (QED) is 0.814. The summed E-state index contributed by atoms with van der Waals surface area (Å²) in [6.07, 6.45) is 2.54. The normalized spacial score (nSPS) is 13.3. The molecule has 3 rings (SSSR count). The van der Waals surface area contributed by atoms with Crippen LogP contribution in [0.25, 0.3) is 0 Å². The molecule has 1 aliphatic rings. The van der Waals surface area contributed by atoms with Crippen LogP contribution in [0.4, 0.5) is 0 Å². The minimum Gasteiger partial charge on any atom is -0.333 e. The van der Waals surface area contributed by atoms with Gasteiger partial charge in [-0.25, -0.2) is 4.98 Å². The van der Waals surface area contributed by atoms with Gasteiger partial charge in [0.1, 0.15) is 5.69 Å². The average molecular weight is 297 g/mol. The first-order valence-electron chi connectivity index (χ1n) is 6.78. The lowest BCUT2D eigenvalue weighted by molar-refractivity contribution is 0.0729. The Hall–Kier alpha value is -2.16. The summed E-state index contributed by atoms with van der Waals surface area (Å²) in [5.74, 6) is 5.65. The predicted octanol–water partition coefficient (Wildman–Crippen LogP) is 1.65. The molecular formula is C16H15N3OS. The summed E-state index contributed by atoms with van der Waals surface area (Å²) >= 11 is 1.76. The third kappa shape index (κ3) is 2.82. The highest BCUT2D eigenvalue weighted by molar-refractivity contribution is 7.10. The molecule has 2 aromatic heterocycles. The smallest absolute Gasteiger partial charge is 0.274 e. The van der Waals surface area contributed by atoms with Crippen molar-refractivity contribution in [1.29, 1.82) is 0 Å². The number of nitrogens with two attached hydrogens (primary N) is 1. The molecule has 4 nitrogen and oxygen atoms in total. The van der Waals surface area contributed by atoms with Crippen molar-refractivity contribution in [3.05, 3.63) is 51.5 Å². The van der Waals surface area contributed by atoms with E-state index in [1.807, 2.05) is 11.0 Å². The highest BCUT2D eigenvalue weighted by atomic mass is 32.1. The second kappa shape index (κ2) is 6.08. The lowest BCUT2D eigenvalue weighted by Gasteiger charge is -2.27. The van der Waals surface area contributed by atoms with Crippen LogP contribution < -0.4 is 5.73 Å². The molecule has 2 N–H and O–H groups in total. The SMILES string of the molecule is NCC#Cc1cccnc1C(=O)N1CCc2sccc2C1. The number of carbonyl (C=O) groups excluding carboxylic acids is 1. The molecule has 0 spiro atoms. The second-order valence-electron chi connectivity index (χ2n) is 4.75. The van der Waals surface area contributed by atoms with Crippen LogP contribution in [0.2, 0.25) is 0 Å². The number of carbonyl (C=O) groups is 1. The largest absolute Gasteiger partial charge is 0.333 e. The molecule has 21 heavy (non-hydrogen) atoms. The minimum atomic E-state index is -0.0613. The number of hydrogen-bond acceptors (Lipinski definition) is 4. The summed E-state index contributed by atoms with van der Waals surface area (Å²) in [7, 11) is 0. The van der Waals surface area contributed by atoms with Crippen LogP contribution in [-0.2, 0) is 13.0 Å². The highest BCUT2D eigenvalue weighted by Gasteiger charge is 2.24. The van der Waals surface area contributed by atoms with Crippen molar-refractivity contribution in [3.63, 3.8) is 0 Å². The fraction of sp³-hybridized carbons (Fsp3) is 0.250. The Bertz CT molecular complexity index is 726. The maximum atomic E-state index is 12.7. The van der Waals surface area contributed by atoms with Crippen molar-refractivity contribution in [2.24, 2.45) is 5.73 Å². The fourth-order valence-corrected chi connectivity index (χ4v) is 3.28. The van der Waals surface area contributed by atoms with Gasteiger partial charge in [-0.15, -0.1) is 11.3 Å². The fourth-order valence-electron chi connectivity index (χ4n) is 2.39. The number of nitrogens with zero attached hydrogens (tertiary/aromatic N) is 2. The van der Waals surface area contributed by atoms with E-state index in [-0.39, 0.29) is 12.5 Å². The number of thiophene rings is 1. The van der Waals surface area contributed by atoms with Gasteiger partial charge in [-0.2, -0.15) is 0 Å². The van der Waals surface area contributed by atoms with Gasteiger partial charge in [0, 0.05) is 24.2 Å². The van der Waals surface area contributed by atoms with E-state index < -0.39 is 0 Å². The number of hydrogen-bond donors (Lipinski definition) is 1. The van der Waals surface area contributed by atoms with Crippen LogP contribution >= 0.6 is 11.3 Å². The van der Waals surface area contributed by atoms with Gasteiger partial charge < -0.3 is 10.6 Å². The number of amides is 1. The zero-order valence-corrected chi connectivity index (χ0v) is 12.3. The Kier molecular flexibility index (Phi) is 4.00. The van der Waals surface area contributed by atoms with Crippen LogP contribution in [0.15, 0.2) is 29.8 Å². The van der Waals surface area contributed by atoms with Gasteiger partial charge in [-0.3, -0.25) is 4.79 Å². The third-order valence-corrected chi connectivity index (χ3v) is 4.45. The van der Waals surface area contributed by atoms with Crippen molar-refractivity contribution in [2.75, 3.05) is 13.1 Å². The van der Waals surface area contributed by atoms with Gasteiger partial charge in [0.15, 0.2) is 0 Å². The number of fused-ring (bicyclic) bond motifs is 1. The first-order chi connectivity index (χ1) is 10.3. The van der Waals surface area contributed by atoms with Gasteiger partial charge in [0.25, 0.3) is 5.91 Å². The molecule has 5 heteroatoms. The lowest BCUT2D eigenvalue weighted by Crippen LogP contribution is -2.36. The van der Waals surface area contributed by atoms with Gasteiger partial charge >= 0.3 is 0 Å². The van der Waals surface area contributed by atoms with Gasteiger partial charge in [0.2, 0.25) is 0 Å². The zero-order valence-electron chi connectivity index (χ0n) is 11.5. The molecule has 0 atom stereocenters. The molecule has 0 saturated carbocycles. The third-order valence-electron chi connectivity index (χ3n) is 3.43. The molecule has 0 unspecified atom stereocenters. The molecule has 2 aromatic rings. The standard InChI is InChI=1S/C16H15N3OS/c17-7-1-3-12-4-2-8-18-15(12)16(20)19-9-5-14-13(11-19)6-10-21-14/h2,4,6,8,10H,5,7,9,11,17H2. The molecule has 106 valence electrons. The summed E-state index contributed by atoms with van der Waals surface area (Å²) < 4.78 is 0. The number of rotatable bonds is 1. The van der Waals surface area contributed by atoms with Crippen LogP contribution in [0.5, 0.6) is 0 Å². The summed E-state index contributed by atoms with van der Waals surface area (Å²) in [5, 5.41) is 2.08. The Morgan fingerprint density at radius 2 is 2.38 bits per heavy atom. The van der Waals surface area contributed by atoms with Crippen molar-refractivity contribution in [2.45, 2.75) is 13.0 Å². The highest BCUT2D eigenvalue weighted by Crippen LogP contribution is 2.25. The first kappa shape index (κ1) is 13.8. The van der Waals surface area contributed by atoms with E-state index >= 15 is 0 Å². The van der Waals surface area contributed by atoms with E-state index in [4.69, 9.17) is 5.73 Å². The summed E-state index contributed by atoms with van der Waals surface area (Å²) in [6, 6.07) is 5.68. The van der Waals surface area contributed by atoms with Gasteiger partial charge in [-0.1, -0.05) is 11.8 Å². The Morgan fingerprint density at radius 1 is 1.48 bits per heavy atom. The Morgan fingerprint density at radius 3 is 3.24 bits per heavy atom. The van der Waals surface area contributed by atoms with Crippen molar-refractivity contribution in [3.8, 4) is 11.8 Å². The summed E-state index contributed by atoms with van der Waals surface area (Å²) in [5.41, 5.74) is 7.70. The molecule has 1 amide bonds. The zero-order chi connectivity index (χ0) is 14.7. The van der Waals surface area contributed by atoms with Crippen LogP contribution in [0.3, 0.4) is 0 Å². The Labute approximate surface area is 127 Å². The predicted molar refractivity (Wildman–Crippen MR) is 82.9 cm³/mol. The van der Waals surface area contributed by atoms with Crippen LogP contribution in [0.1, 0.15) is 26.5 Å². The molecule has 0 aromatic carbocycles. The Balaban J connectivity index is 1.86. The number of aromatic nitrogens is 1. The second-order valence-corrected chi connectivity index (χ2v) is 5.75. The molecular weight excluding hydrogens is 282 g/mol. The monoisotopic (exact) mass is 297 g/mol. The minimum absolute atomic E-state index is 0.0613. The topological polar surface area (TPSA) is 59.2 Å². The maximum Gasteiger partial charge on any atom is 0.274 e. The number of pyridine rings is 1. The maximum absolute atomic E-state index is 12.7. The van der Waals surface area contributed by atoms with E-state index in [9.17, 15) is 4.79 Å². The lowest BCUT2D eigenvalue weighted by atomic mass is 10.1. The molecule has 0 fully saturated rings. The van der Waals surface area contributed by atoms with E-state index in [2.05, 4.69) is 28.3 Å². The van der Waals surface area contributed by atoms with E-state index in [1.54, 1.807) is 23.6 Å². The molecule has 0 bridgehead atoms. The van der Waals surface area contributed by atoms with E-state index in [0.717, 1.165) is 13.0 Å². The van der Waals surface area contributed by atoms with E-state index in [0.29, 0.717) is 17.8 Å². The molecule has 0 radical (unpaired) electrons. The van der Waals surface area contributed by atoms with Gasteiger partial charge in [0.05, 0.1) is 12.1 Å². The molecule has 0 aliphatic carbocycles. The molecule has 0 saturated heterocycles. The van der Waals surface area contributed by atoms with Crippen molar-refractivity contribution in [1.82, 2.24) is 9.88 Å². The van der Waals surface area contributed by atoms with Crippen LogP contribution in [-0.4, -0.2) is 28.9 Å². The molecule has 1 aliphatic heterocycles. The van der Waals surface area contributed by atoms with Crippen molar-refractivity contribution < 1.29 is 4.79 Å². The summed E-state index contributed by atoms with van der Waals surface area (Å²) in [6.45, 7) is 1.65. The first-order valence-corrected chi connectivity index (χ1v) is 7.66. The van der Waals surface area contributed by atoms with E-state index in [1.165, 1.54) is 10.4 Å².